The number of rotatable bonds is 14. The molecule has 0 saturated carbocycles. The zero-order valence-electron chi connectivity index (χ0n) is 17.8. The highest BCUT2D eigenvalue weighted by Gasteiger charge is 2.35. The summed E-state index contributed by atoms with van der Waals surface area (Å²) in [6, 6.07) is -0.710. The van der Waals surface area contributed by atoms with Crippen LogP contribution in [0.1, 0.15) is 40.5 Å². The number of hydrogen-bond donors (Lipinski definition) is 6. The van der Waals surface area contributed by atoms with Crippen molar-refractivity contribution in [1.29, 1.82) is 0 Å². The number of phosphoric acid groups is 1. The Labute approximate surface area is 176 Å². The van der Waals surface area contributed by atoms with E-state index in [0.717, 1.165) is 0 Å². The van der Waals surface area contributed by atoms with E-state index in [2.05, 4.69) is 15.2 Å². The van der Waals surface area contributed by atoms with Crippen LogP contribution in [0.25, 0.3) is 0 Å². The van der Waals surface area contributed by atoms with Crippen molar-refractivity contribution in [2.45, 2.75) is 52.7 Å². The first-order chi connectivity index (χ1) is 13.7. The lowest BCUT2D eigenvalue weighted by Crippen LogP contribution is -2.46. The predicted molar refractivity (Wildman–Crippen MR) is 107 cm³/mol. The van der Waals surface area contributed by atoms with Gasteiger partial charge in [0.05, 0.1) is 13.2 Å². The standard InChI is InChI=1S/C17H34N3O9P/c1-11(2)9-12(18)16(24)28-8-7-19-13(21)5-6-20-15(23)14(22)17(3,4)10-29-30(25,26)27/h11-12,14,22H,5-10,18H2,1-4H3,(H,19,21)(H,20,23)(H2,25,26,27)/t12-,14-/m0/s1. The molecular formula is C17H34N3O9P. The SMILES string of the molecule is CC(C)C[C@H](N)C(=O)OCCNC(=O)CCNC(=O)[C@H](O)C(C)(C)COP(=O)(O)O. The van der Waals surface area contributed by atoms with E-state index < -0.39 is 49.8 Å². The fraction of sp³-hybridized carbons (Fsp3) is 0.824. The van der Waals surface area contributed by atoms with Crippen LogP contribution >= 0.6 is 7.82 Å². The lowest BCUT2D eigenvalue weighted by Gasteiger charge is -2.29. The number of carbonyl (C=O) groups is 3. The van der Waals surface area contributed by atoms with E-state index in [4.69, 9.17) is 20.3 Å². The molecule has 13 heteroatoms. The van der Waals surface area contributed by atoms with Crippen LogP contribution in [0.15, 0.2) is 0 Å². The van der Waals surface area contributed by atoms with Crippen molar-refractivity contribution in [1.82, 2.24) is 10.6 Å². The second-order valence-corrected chi connectivity index (χ2v) is 9.19. The normalized spacial score (nSPS) is 14.2. The summed E-state index contributed by atoms with van der Waals surface area (Å²) in [4.78, 5) is 52.7. The minimum atomic E-state index is -4.73. The van der Waals surface area contributed by atoms with Crippen molar-refractivity contribution in [3.63, 3.8) is 0 Å². The Morgan fingerprint density at radius 2 is 1.73 bits per heavy atom. The molecule has 0 aliphatic heterocycles. The van der Waals surface area contributed by atoms with E-state index in [1.807, 2.05) is 13.8 Å². The number of nitrogens with two attached hydrogens (primary N) is 1. The first-order valence-corrected chi connectivity index (χ1v) is 11.0. The number of nitrogens with one attached hydrogen (secondary N) is 2. The smallest absolute Gasteiger partial charge is 0.463 e. The van der Waals surface area contributed by atoms with E-state index >= 15 is 0 Å². The topological polar surface area (TPSA) is 198 Å². The van der Waals surface area contributed by atoms with Gasteiger partial charge in [-0.25, -0.2) is 4.57 Å². The van der Waals surface area contributed by atoms with E-state index in [1.54, 1.807) is 0 Å². The van der Waals surface area contributed by atoms with Crippen LogP contribution in [-0.2, 0) is 28.2 Å². The van der Waals surface area contributed by atoms with Gasteiger partial charge in [-0.05, 0) is 12.3 Å². The van der Waals surface area contributed by atoms with Crippen molar-refractivity contribution in [2.24, 2.45) is 17.1 Å². The number of aliphatic hydroxyl groups excluding tert-OH is 1. The first-order valence-electron chi connectivity index (χ1n) is 9.50. The minimum absolute atomic E-state index is 0.0325. The highest BCUT2D eigenvalue weighted by Crippen LogP contribution is 2.38. The molecule has 0 heterocycles. The number of aliphatic hydroxyl groups is 1. The molecule has 0 fully saturated rings. The van der Waals surface area contributed by atoms with Crippen molar-refractivity contribution in [3.05, 3.63) is 0 Å². The number of hydrogen-bond acceptors (Lipinski definition) is 8. The third kappa shape index (κ3) is 12.9. The summed E-state index contributed by atoms with van der Waals surface area (Å²) in [6.45, 7) is 6.09. The van der Waals surface area contributed by atoms with Crippen LogP contribution in [0.4, 0.5) is 0 Å². The molecule has 12 nitrogen and oxygen atoms in total. The van der Waals surface area contributed by atoms with Gasteiger partial charge in [-0.2, -0.15) is 0 Å². The van der Waals surface area contributed by atoms with Crippen molar-refractivity contribution in [2.75, 3.05) is 26.3 Å². The second kappa shape index (κ2) is 13.0. The van der Waals surface area contributed by atoms with E-state index in [-0.39, 0.29) is 32.0 Å². The van der Waals surface area contributed by atoms with Crippen molar-refractivity contribution in [3.8, 4) is 0 Å². The van der Waals surface area contributed by atoms with Gasteiger partial charge in [-0.1, -0.05) is 27.7 Å². The van der Waals surface area contributed by atoms with Crippen LogP contribution in [-0.4, -0.2) is 71.1 Å². The molecule has 0 spiro atoms. The van der Waals surface area contributed by atoms with Gasteiger partial charge in [0.2, 0.25) is 11.8 Å². The average molecular weight is 455 g/mol. The highest BCUT2D eigenvalue weighted by atomic mass is 31.2. The van der Waals surface area contributed by atoms with Crippen LogP contribution in [0, 0.1) is 11.3 Å². The second-order valence-electron chi connectivity index (χ2n) is 7.95. The van der Waals surface area contributed by atoms with E-state index in [1.165, 1.54) is 13.8 Å². The molecule has 30 heavy (non-hydrogen) atoms. The van der Waals surface area contributed by atoms with Crippen LogP contribution < -0.4 is 16.4 Å². The lowest BCUT2D eigenvalue weighted by atomic mass is 9.87. The molecule has 0 aromatic heterocycles. The Hall–Kier alpha value is -1.56. The van der Waals surface area contributed by atoms with E-state index in [9.17, 15) is 24.1 Å². The lowest BCUT2D eigenvalue weighted by molar-refractivity contribution is -0.146. The minimum Gasteiger partial charge on any atom is -0.463 e. The summed E-state index contributed by atoms with van der Waals surface area (Å²) in [6.07, 6.45) is -1.20. The molecule has 0 aromatic carbocycles. The van der Waals surface area contributed by atoms with Gasteiger partial charge in [0.15, 0.2) is 0 Å². The Morgan fingerprint density at radius 1 is 1.13 bits per heavy atom. The highest BCUT2D eigenvalue weighted by molar-refractivity contribution is 7.46. The van der Waals surface area contributed by atoms with Gasteiger partial charge in [0.25, 0.3) is 0 Å². The molecule has 0 saturated heterocycles. The summed E-state index contributed by atoms with van der Waals surface area (Å²) >= 11 is 0. The fourth-order valence-electron chi connectivity index (χ4n) is 2.22. The number of esters is 1. The molecule has 0 aromatic rings. The van der Waals surface area contributed by atoms with E-state index in [0.29, 0.717) is 6.42 Å². The third-order valence-corrected chi connectivity index (χ3v) is 4.41. The van der Waals surface area contributed by atoms with Gasteiger partial charge < -0.3 is 36.0 Å². The van der Waals surface area contributed by atoms with Gasteiger partial charge in [0, 0.05) is 18.4 Å². The number of phosphoric ester groups is 1. The Kier molecular flexibility index (Phi) is 12.3. The summed E-state index contributed by atoms with van der Waals surface area (Å²) in [5.41, 5.74) is 4.41. The Bertz CT molecular complexity index is 622. The zero-order valence-corrected chi connectivity index (χ0v) is 18.7. The number of ether oxygens (including phenoxy) is 1. The molecule has 0 aliphatic carbocycles. The zero-order chi connectivity index (χ0) is 23.5. The maximum absolute atomic E-state index is 12.0. The Balaban J connectivity index is 4.11. The van der Waals surface area contributed by atoms with Crippen LogP contribution in [0.2, 0.25) is 0 Å². The number of carbonyl (C=O) groups excluding carboxylic acids is 3. The molecule has 0 rings (SSSR count). The molecule has 0 radical (unpaired) electrons. The molecule has 0 aliphatic rings. The third-order valence-electron chi connectivity index (χ3n) is 3.94. The van der Waals surface area contributed by atoms with Crippen LogP contribution in [0.3, 0.4) is 0 Å². The molecule has 7 N–H and O–H groups in total. The maximum Gasteiger partial charge on any atom is 0.469 e. The van der Waals surface area contributed by atoms with Crippen molar-refractivity contribution < 1.29 is 43.1 Å². The average Bonchev–Trinajstić information content (AvgIpc) is 2.61. The molecule has 176 valence electrons. The van der Waals surface area contributed by atoms with Gasteiger partial charge >= 0.3 is 13.8 Å². The quantitative estimate of drug-likeness (QED) is 0.108. The summed E-state index contributed by atoms with van der Waals surface area (Å²) < 4.78 is 20.0. The van der Waals surface area contributed by atoms with Crippen molar-refractivity contribution >= 4 is 25.6 Å². The first kappa shape index (κ1) is 28.4. The molecule has 2 amide bonds. The molecule has 0 bridgehead atoms. The number of amides is 2. The summed E-state index contributed by atoms with van der Waals surface area (Å²) in [7, 11) is -4.73. The predicted octanol–water partition coefficient (Wildman–Crippen LogP) is -0.978. The van der Waals surface area contributed by atoms with Gasteiger partial charge in [-0.15, -0.1) is 0 Å². The Morgan fingerprint density at radius 3 is 2.27 bits per heavy atom. The van der Waals surface area contributed by atoms with Gasteiger partial charge in [-0.3, -0.25) is 18.9 Å². The monoisotopic (exact) mass is 455 g/mol. The largest absolute Gasteiger partial charge is 0.469 e. The fourth-order valence-corrected chi connectivity index (χ4v) is 2.72. The van der Waals surface area contributed by atoms with Crippen LogP contribution in [0.5, 0.6) is 0 Å². The molecule has 2 atom stereocenters. The summed E-state index contributed by atoms with van der Waals surface area (Å²) in [5.74, 6) is -1.50. The van der Waals surface area contributed by atoms with Gasteiger partial charge in [0.1, 0.15) is 18.8 Å². The molecule has 0 unspecified atom stereocenters. The summed E-state index contributed by atoms with van der Waals surface area (Å²) in [5, 5.41) is 14.9. The molecular weight excluding hydrogens is 421 g/mol. The maximum atomic E-state index is 12.0.